The van der Waals surface area contributed by atoms with E-state index in [1.807, 2.05) is 22.6 Å². The summed E-state index contributed by atoms with van der Waals surface area (Å²) < 4.78 is 13.7. The zero-order chi connectivity index (χ0) is 8.43. The Morgan fingerprint density at radius 1 is 1.73 bits per heavy atom. The van der Waals surface area contributed by atoms with Gasteiger partial charge in [-0.2, -0.15) is 0 Å². The van der Waals surface area contributed by atoms with Crippen LogP contribution in [0.3, 0.4) is 0 Å². The molecule has 0 saturated carbocycles. The van der Waals surface area contributed by atoms with Crippen LogP contribution in [0.25, 0.3) is 0 Å². The van der Waals surface area contributed by atoms with Crippen molar-refractivity contribution in [2.24, 2.45) is 5.73 Å². The Labute approximate surface area is 78.1 Å². The maximum Gasteiger partial charge on any atom is 0.147 e. The fraction of sp³-hybridized carbons (Fsp3) is 0.286. The molecule has 1 heterocycles. The standard InChI is InChI=1S/C7H8FIN2/c1-4(10)7-6(8)2-5(9)3-11-7/h2-4H,10H2,1H3. The number of aromatic nitrogens is 1. The average Bonchev–Trinajstić information content (AvgIpc) is 1.85. The highest BCUT2D eigenvalue weighted by molar-refractivity contribution is 14.1. The van der Waals surface area contributed by atoms with E-state index in [4.69, 9.17) is 5.73 Å². The summed E-state index contributed by atoms with van der Waals surface area (Å²) in [7, 11) is 0. The molecule has 1 unspecified atom stereocenters. The van der Waals surface area contributed by atoms with Crippen LogP contribution in [0.1, 0.15) is 18.7 Å². The SMILES string of the molecule is CC(N)c1ncc(I)cc1F. The Hall–Kier alpha value is -0.230. The van der Waals surface area contributed by atoms with Crippen molar-refractivity contribution in [1.29, 1.82) is 0 Å². The number of nitrogens with two attached hydrogens (primary N) is 1. The molecule has 0 aliphatic heterocycles. The highest BCUT2D eigenvalue weighted by Gasteiger charge is 2.07. The number of nitrogens with zero attached hydrogens (tertiary/aromatic N) is 1. The summed E-state index contributed by atoms with van der Waals surface area (Å²) >= 11 is 2.00. The molecule has 0 spiro atoms. The van der Waals surface area contributed by atoms with Gasteiger partial charge in [0, 0.05) is 15.8 Å². The molecule has 0 aliphatic carbocycles. The zero-order valence-electron chi connectivity index (χ0n) is 6.01. The van der Waals surface area contributed by atoms with Gasteiger partial charge in [0.05, 0.1) is 5.69 Å². The van der Waals surface area contributed by atoms with E-state index < -0.39 is 0 Å². The first-order valence-electron chi connectivity index (χ1n) is 3.18. The third-order valence-electron chi connectivity index (χ3n) is 1.27. The fourth-order valence-corrected chi connectivity index (χ4v) is 1.17. The molecule has 2 nitrogen and oxygen atoms in total. The summed E-state index contributed by atoms with van der Waals surface area (Å²) in [6, 6.07) is 1.08. The molecule has 0 bridgehead atoms. The highest BCUT2D eigenvalue weighted by Crippen LogP contribution is 2.13. The smallest absolute Gasteiger partial charge is 0.147 e. The summed E-state index contributed by atoms with van der Waals surface area (Å²) in [5.41, 5.74) is 5.78. The second kappa shape index (κ2) is 3.44. The maximum atomic E-state index is 13.0. The third kappa shape index (κ3) is 2.10. The molecule has 1 aromatic heterocycles. The molecular formula is C7H8FIN2. The lowest BCUT2D eigenvalue weighted by atomic mass is 10.2. The second-order valence-corrected chi connectivity index (χ2v) is 3.55. The number of pyridine rings is 1. The quantitative estimate of drug-likeness (QED) is 0.788. The van der Waals surface area contributed by atoms with Gasteiger partial charge in [-0.3, -0.25) is 4.98 Å². The minimum Gasteiger partial charge on any atom is -0.323 e. The minimum atomic E-state index is -0.341. The van der Waals surface area contributed by atoms with E-state index in [0.717, 1.165) is 3.57 Å². The fourth-order valence-electron chi connectivity index (χ4n) is 0.760. The molecule has 1 aromatic rings. The van der Waals surface area contributed by atoms with Crippen LogP contribution >= 0.6 is 22.6 Å². The lowest BCUT2D eigenvalue weighted by Crippen LogP contribution is -2.09. The van der Waals surface area contributed by atoms with Gasteiger partial charge in [0.15, 0.2) is 0 Å². The van der Waals surface area contributed by atoms with E-state index in [0.29, 0.717) is 5.69 Å². The Bertz CT molecular complexity index is 263. The van der Waals surface area contributed by atoms with Crippen LogP contribution < -0.4 is 5.73 Å². The number of rotatable bonds is 1. The first-order valence-corrected chi connectivity index (χ1v) is 4.25. The Kier molecular flexibility index (Phi) is 2.78. The normalized spacial score (nSPS) is 13.1. The van der Waals surface area contributed by atoms with Gasteiger partial charge in [-0.05, 0) is 35.6 Å². The summed E-state index contributed by atoms with van der Waals surface area (Å²) in [5, 5.41) is 0. The number of halogens is 2. The molecular weight excluding hydrogens is 258 g/mol. The molecule has 0 radical (unpaired) electrons. The molecule has 0 aliphatic rings. The minimum absolute atomic E-state index is 0.324. The highest BCUT2D eigenvalue weighted by atomic mass is 127. The molecule has 11 heavy (non-hydrogen) atoms. The number of hydrogen-bond donors (Lipinski definition) is 1. The largest absolute Gasteiger partial charge is 0.323 e. The molecule has 0 aromatic carbocycles. The van der Waals surface area contributed by atoms with E-state index in [-0.39, 0.29) is 11.9 Å². The van der Waals surface area contributed by atoms with Crippen molar-refractivity contribution in [3.63, 3.8) is 0 Å². The van der Waals surface area contributed by atoms with Crippen molar-refractivity contribution < 1.29 is 4.39 Å². The lowest BCUT2D eigenvalue weighted by Gasteiger charge is -2.04. The van der Waals surface area contributed by atoms with Crippen molar-refractivity contribution in [2.75, 3.05) is 0 Å². The summed E-state index contributed by atoms with van der Waals surface area (Å²) in [6.45, 7) is 1.71. The first kappa shape index (κ1) is 8.86. The van der Waals surface area contributed by atoms with E-state index in [1.165, 1.54) is 6.07 Å². The summed E-state index contributed by atoms with van der Waals surface area (Å²) in [6.07, 6.45) is 1.60. The van der Waals surface area contributed by atoms with E-state index >= 15 is 0 Å². The Morgan fingerprint density at radius 3 is 2.82 bits per heavy atom. The molecule has 1 atom stereocenters. The van der Waals surface area contributed by atoms with E-state index in [9.17, 15) is 4.39 Å². The summed E-state index contributed by atoms with van der Waals surface area (Å²) in [4.78, 5) is 3.87. The van der Waals surface area contributed by atoms with Gasteiger partial charge in [-0.25, -0.2) is 4.39 Å². The van der Waals surface area contributed by atoms with Gasteiger partial charge in [-0.1, -0.05) is 0 Å². The van der Waals surface area contributed by atoms with E-state index in [1.54, 1.807) is 13.1 Å². The topological polar surface area (TPSA) is 38.9 Å². The molecule has 0 saturated heterocycles. The van der Waals surface area contributed by atoms with Crippen LogP contribution in [0.15, 0.2) is 12.3 Å². The van der Waals surface area contributed by atoms with Gasteiger partial charge >= 0.3 is 0 Å². The Balaban J connectivity index is 3.09. The predicted molar refractivity (Wildman–Crippen MR) is 49.5 cm³/mol. The van der Waals surface area contributed by atoms with Crippen molar-refractivity contribution in [3.8, 4) is 0 Å². The molecule has 0 amide bonds. The van der Waals surface area contributed by atoms with Gasteiger partial charge in [0.2, 0.25) is 0 Å². The van der Waals surface area contributed by atoms with Crippen LogP contribution in [0, 0.1) is 9.39 Å². The Morgan fingerprint density at radius 2 is 2.36 bits per heavy atom. The number of hydrogen-bond acceptors (Lipinski definition) is 2. The molecule has 4 heteroatoms. The monoisotopic (exact) mass is 266 g/mol. The van der Waals surface area contributed by atoms with Gasteiger partial charge in [-0.15, -0.1) is 0 Å². The molecule has 0 fully saturated rings. The maximum absolute atomic E-state index is 13.0. The third-order valence-corrected chi connectivity index (χ3v) is 1.86. The second-order valence-electron chi connectivity index (χ2n) is 2.31. The van der Waals surface area contributed by atoms with Crippen LogP contribution in [-0.2, 0) is 0 Å². The van der Waals surface area contributed by atoms with Crippen LogP contribution in [0.4, 0.5) is 4.39 Å². The molecule has 60 valence electrons. The summed E-state index contributed by atoms with van der Waals surface area (Å²) in [5.74, 6) is -0.327. The molecule has 1 rings (SSSR count). The van der Waals surface area contributed by atoms with Crippen LogP contribution in [-0.4, -0.2) is 4.98 Å². The van der Waals surface area contributed by atoms with E-state index in [2.05, 4.69) is 4.98 Å². The van der Waals surface area contributed by atoms with Crippen molar-refractivity contribution in [1.82, 2.24) is 4.98 Å². The van der Waals surface area contributed by atoms with Crippen LogP contribution in [0.5, 0.6) is 0 Å². The van der Waals surface area contributed by atoms with Crippen LogP contribution in [0.2, 0.25) is 0 Å². The lowest BCUT2D eigenvalue weighted by molar-refractivity contribution is 0.578. The van der Waals surface area contributed by atoms with Gasteiger partial charge in [0.1, 0.15) is 5.82 Å². The van der Waals surface area contributed by atoms with Gasteiger partial charge in [0.25, 0.3) is 0 Å². The van der Waals surface area contributed by atoms with Crippen molar-refractivity contribution in [2.45, 2.75) is 13.0 Å². The van der Waals surface area contributed by atoms with Gasteiger partial charge < -0.3 is 5.73 Å². The predicted octanol–water partition coefficient (Wildman–Crippen LogP) is 1.85. The van der Waals surface area contributed by atoms with Crippen molar-refractivity contribution in [3.05, 3.63) is 27.3 Å². The average molecular weight is 266 g/mol. The van der Waals surface area contributed by atoms with Crippen molar-refractivity contribution >= 4 is 22.6 Å². The molecule has 2 N–H and O–H groups in total. The zero-order valence-corrected chi connectivity index (χ0v) is 8.17. The first-order chi connectivity index (χ1) is 5.11.